The zero-order valence-electron chi connectivity index (χ0n) is 7.98. The summed E-state index contributed by atoms with van der Waals surface area (Å²) in [5.74, 6) is 0.719. The molecule has 2 heterocycles. The van der Waals surface area contributed by atoms with Gasteiger partial charge in [-0.15, -0.1) is 12.4 Å². The lowest BCUT2D eigenvalue weighted by Gasteiger charge is -2.10. The highest BCUT2D eigenvalue weighted by Crippen LogP contribution is 2.08. The monoisotopic (exact) mass is 214 g/mol. The number of nitrogens with zero attached hydrogens (tertiary/aromatic N) is 1. The number of nitrogens with one attached hydrogen (secondary N) is 1. The molecule has 0 bridgehead atoms. The van der Waals surface area contributed by atoms with Crippen molar-refractivity contribution in [2.24, 2.45) is 0 Å². The number of pyridine rings is 1. The first kappa shape index (κ1) is 11.3. The Morgan fingerprint density at radius 1 is 1.50 bits per heavy atom. The van der Waals surface area contributed by atoms with E-state index in [1.54, 1.807) is 6.20 Å². The molecule has 0 radical (unpaired) electrons. The predicted octanol–water partition coefficient (Wildman–Crippen LogP) is 1.63. The van der Waals surface area contributed by atoms with Crippen LogP contribution in [0.25, 0.3) is 0 Å². The van der Waals surface area contributed by atoms with Gasteiger partial charge >= 0.3 is 0 Å². The van der Waals surface area contributed by atoms with Crippen molar-refractivity contribution < 1.29 is 4.74 Å². The summed E-state index contributed by atoms with van der Waals surface area (Å²) >= 11 is 0. The Hall–Kier alpha value is -0.800. The van der Waals surface area contributed by atoms with Crippen molar-refractivity contribution >= 4 is 12.4 Å². The second-order valence-electron chi connectivity index (χ2n) is 3.27. The molecule has 0 aliphatic carbocycles. The maximum atomic E-state index is 5.52. The molecule has 0 spiro atoms. The molecule has 1 aliphatic rings. The van der Waals surface area contributed by atoms with Gasteiger partial charge in [-0.2, -0.15) is 0 Å². The summed E-state index contributed by atoms with van der Waals surface area (Å²) in [5.41, 5.74) is 0. The van der Waals surface area contributed by atoms with Gasteiger partial charge in [-0.05, 0) is 25.5 Å². The first-order valence-electron chi connectivity index (χ1n) is 4.72. The highest BCUT2D eigenvalue weighted by Gasteiger charge is 2.14. The number of ether oxygens (including phenoxy) is 1. The summed E-state index contributed by atoms with van der Waals surface area (Å²) in [4.78, 5) is 4.09. The van der Waals surface area contributed by atoms with E-state index in [0.717, 1.165) is 19.0 Å². The molecule has 4 heteroatoms. The maximum absolute atomic E-state index is 5.52. The van der Waals surface area contributed by atoms with Gasteiger partial charge in [-0.3, -0.25) is 0 Å². The van der Waals surface area contributed by atoms with Crippen LogP contribution >= 0.6 is 12.4 Å². The van der Waals surface area contributed by atoms with E-state index in [-0.39, 0.29) is 12.4 Å². The number of hydrogen-bond acceptors (Lipinski definition) is 3. The van der Waals surface area contributed by atoms with E-state index in [9.17, 15) is 0 Å². The number of halogens is 1. The smallest absolute Gasteiger partial charge is 0.213 e. The Kier molecular flexibility index (Phi) is 4.70. The lowest BCUT2D eigenvalue weighted by atomic mass is 10.2. The van der Waals surface area contributed by atoms with Crippen LogP contribution in [0.2, 0.25) is 0 Å². The fourth-order valence-corrected chi connectivity index (χ4v) is 1.52. The Bertz CT molecular complexity index is 250. The minimum Gasteiger partial charge on any atom is -0.476 e. The van der Waals surface area contributed by atoms with E-state index in [0.29, 0.717) is 6.04 Å². The molecule has 1 aromatic rings. The maximum Gasteiger partial charge on any atom is 0.213 e. The van der Waals surface area contributed by atoms with Gasteiger partial charge in [0.05, 0.1) is 0 Å². The fraction of sp³-hybridized carbons (Fsp3) is 0.500. The third kappa shape index (κ3) is 3.16. The Labute approximate surface area is 90.3 Å². The molecular formula is C10H15ClN2O. The molecule has 1 atom stereocenters. The zero-order chi connectivity index (χ0) is 8.93. The van der Waals surface area contributed by atoms with E-state index >= 15 is 0 Å². The fourth-order valence-electron chi connectivity index (χ4n) is 1.52. The van der Waals surface area contributed by atoms with Gasteiger partial charge in [0.1, 0.15) is 6.61 Å². The molecule has 1 N–H and O–H groups in total. The van der Waals surface area contributed by atoms with Gasteiger partial charge in [-0.1, -0.05) is 6.07 Å². The van der Waals surface area contributed by atoms with Crippen LogP contribution in [-0.4, -0.2) is 24.2 Å². The van der Waals surface area contributed by atoms with Gasteiger partial charge in [0.2, 0.25) is 5.88 Å². The predicted molar refractivity (Wildman–Crippen MR) is 58.0 cm³/mol. The molecule has 3 nitrogen and oxygen atoms in total. The molecular weight excluding hydrogens is 200 g/mol. The van der Waals surface area contributed by atoms with Crippen LogP contribution in [0, 0.1) is 0 Å². The zero-order valence-corrected chi connectivity index (χ0v) is 8.80. The minimum absolute atomic E-state index is 0. The van der Waals surface area contributed by atoms with Crippen LogP contribution in [0.1, 0.15) is 12.8 Å². The van der Waals surface area contributed by atoms with Crippen molar-refractivity contribution in [1.29, 1.82) is 0 Å². The van der Waals surface area contributed by atoms with Gasteiger partial charge < -0.3 is 10.1 Å². The van der Waals surface area contributed by atoms with E-state index in [4.69, 9.17) is 4.74 Å². The molecule has 1 aromatic heterocycles. The normalized spacial score (nSPS) is 20.1. The average molecular weight is 215 g/mol. The van der Waals surface area contributed by atoms with Gasteiger partial charge in [0.25, 0.3) is 0 Å². The molecule has 0 aromatic carbocycles. The molecule has 14 heavy (non-hydrogen) atoms. The van der Waals surface area contributed by atoms with Crippen molar-refractivity contribution in [3.63, 3.8) is 0 Å². The summed E-state index contributed by atoms with van der Waals surface area (Å²) < 4.78 is 5.52. The van der Waals surface area contributed by atoms with Gasteiger partial charge in [0, 0.05) is 18.3 Å². The molecule has 0 amide bonds. The number of aromatic nitrogens is 1. The quantitative estimate of drug-likeness (QED) is 0.831. The second kappa shape index (κ2) is 5.83. The van der Waals surface area contributed by atoms with Gasteiger partial charge in [0.15, 0.2) is 0 Å². The summed E-state index contributed by atoms with van der Waals surface area (Å²) in [5, 5.41) is 3.37. The molecule has 1 fully saturated rings. The highest BCUT2D eigenvalue weighted by molar-refractivity contribution is 5.85. The first-order valence-corrected chi connectivity index (χ1v) is 4.72. The molecule has 1 unspecified atom stereocenters. The van der Waals surface area contributed by atoms with Crippen molar-refractivity contribution in [1.82, 2.24) is 10.3 Å². The van der Waals surface area contributed by atoms with Crippen LogP contribution in [0.15, 0.2) is 24.4 Å². The van der Waals surface area contributed by atoms with Gasteiger partial charge in [-0.25, -0.2) is 4.98 Å². The SMILES string of the molecule is Cl.c1ccc(OCC2CCCN2)nc1. The first-order chi connectivity index (χ1) is 6.45. The summed E-state index contributed by atoms with van der Waals surface area (Å²) in [7, 11) is 0. The van der Waals surface area contributed by atoms with Crippen LogP contribution in [0.3, 0.4) is 0 Å². The standard InChI is InChI=1S/C10H14N2O.ClH/c1-2-6-12-10(5-1)13-8-9-4-3-7-11-9;/h1-2,5-6,9,11H,3-4,7-8H2;1H. The van der Waals surface area contributed by atoms with Crippen molar-refractivity contribution in [2.45, 2.75) is 18.9 Å². The second-order valence-corrected chi connectivity index (χ2v) is 3.27. The number of hydrogen-bond donors (Lipinski definition) is 1. The third-order valence-corrected chi connectivity index (χ3v) is 2.23. The van der Waals surface area contributed by atoms with Crippen molar-refractivity contribution in [2.75, 3.05) is 13.2 Å². The van der Waals surface area contributed by atoms with E-state index < -0.39 is 0 Å². The lowest BCUT2D eigenvalue weighted by molar-refractivity contribution is 0.267. The highest BCUT2D eigenvalue weighted by atomic mass is 35.5. The molecule has 78 valence electrons. The van der Waals surface area contributed by atoms with Crippen molar-refractivity contribution in [3.8, 4) is 5.88 Å². The van der Waals surface area contributed by atoms with Crippen LogP contribution in [-0.2, 0) is 0 Å². The third-order valence-electron chi connectivity index (χ3n) is 2.23. The summed E-state index contributed by atoms with van der Waals surface area (Å²) in [6.45, 7) is 1.85. The molecule has 1 aliphatic heterocycles. The van der Waals surface area contributed by atoms with Crippen LogP contribution < -0.4 is 10.1 Å². The Morgan fingerprint density at radius 3 is 3.07 bits per heavy atom. The van der Waals surface area contributed by atoms with Crippen molar-refractivity contribution in [3.05, 3.63) is 24.4 Å². The largest absolute Gasteiger partial charge is 0.476 e. The topological polar surface area (TPSA) is 34.1 Å². The minimum atomic E-state index is 0. The average Bonchev–Trinajstić information content (AvgIpc) is 2.69. The number of rotatable bonds is 3. The molecule has 2 rings (SSSR count). The van der Waals surface area contributed by atoms with Crippen LogP contribution in [0.5, 0.6) is 5.88 Å². The Balaban J connectivity index is 0.000000980. The Morgan fingerprint density at radius 2 is 2.43 bits per heavy atom. The lowest BCUT2D eigenvalue weighted by Crippen LogP contribution is -2.28. The molecule has 1 saturated heterocycles. The molecule has 0 saturated carbocycles. The summed E-state index contributed by atoms with van der Waals surface area (Å²) in [6.07, 6.45) is 4.22. The van der Waals surface area contributed by atoms with E-state index in [1.165, 1.54) is 12.8 Å². The van der Waals surface area contributed by atoms with E-state index in [2.05, 4.69) is 10.3 Å². The van der Waals surface area contributed by atoms with Crippen LogP contribution in [0.4, 0.5) is 0 Å². The van der Waals surface area contributed by atoms with E-state index in [1.807, 2.05) is 18.2 Å². The summed E-state index contributed by atoms with van der Waals surface area (Å²) in [6, 6.07) is 6.22.